The summed E-state index contributed by atoms with van der Waals surface area (Å²) in [5.74, 6) is 1.80. The summed E-state index contributed by atoms with van der Waals surface area (Å²) in [5, 5.41) is 2.98. The van der Waals surface area contributed by atoms with Crippen molar-refractivity contribution in [2.75, 3.05) is 31.1 Å². The number of carbonyl (C=O) groups is 1. The largest absolute Gasteiger partial charge is 0.353 e. The molecule has 0 bridgehead atoms. The standard InChI is InChI=1S/C22H31N5O/c1-15(2)23-22(28)27-12-10-26(11-13-27)21-20(17(4)24-18(5)25-21)14-19-8-6-16(3)7-9-19/h6-9,15H,10-14H2,1-5H3,(H,23,28). The molecule has 2 aromatic rings. The first-order chi connectivity index (χ1) is 13.3. The van der Waals surface area contributed by atoms with E-state index in [0.717, 1.165) is 36.8 Å². The maximum absolute atomic E-state index is 12.3. The summed E-state index contributed by atoms with van der Waals surface area (Å²) in [4.78, 5) is 25.8. The Labute approximate surface area is 168 Å². The van der Waals surface area contributed by atoms with Gasteiger partial charge in [0.1, 0.15) is 11.6 Å². The average molecular weight is 382 g/mol. The van der Waals surface area contributed by atoms with Gasteiger partial charge in [0, 0.05) is 49.9 Å². The molecular formula is C22H31N5O. The van der Waals surface area contributed by atoms with E-state index in [2.05, 4.69) is 53.3 Å². The minimum absolute atomic E-state index is 0.0181. The van der Waals surface area contributed by atoms with Gasteiger partial charge < -0.3 is 15.1 Å². The van der Waals surface area contributed by atoms with Crippen molar-refractivity contribution in [1.29, 1.82) is 0 Å². The van der Waals surface area contributed by atoms with Crippen LogP contribution in [-0.4, -0.2) is 53.1 Å². The highest BCUT2D eigenvalue weighted by Gasteiger charge is 2.25. The number of piperazine rings is 1. The normalized spacial score (nSPS) is 14.5. The third-order valence-corrected chi connectivity index (χ3v) is 5.08. The highest BCUT2D eigenvalue weighted by atomic mass is 16.2. The van der Waals surface area contributed by atoms with Crippen LogP contribution in [0.2, 0.25) is 0 Å². The van der Waals surface area contributed by atoms with Crippen molar-refractivity contribution in [2.24, 2.45) is 0 Å². The van der Waals surface area contributed by atoms with Gasteiger partial charge in [0.25, 0.3) is 0 Å². The zero-order valence-corrected chi connectivity index (χ0v) is 17.6. The molecule has 0 unspecified atom stereocenters. The molecule has 1 saturated heterocycles. The monoisotopic (exact) mass is 381 g/mol. The van der Waals surface area contributed by atoms with Crippen LogP contribution < -0.4 is 10.2 Å². The van der Waals surface area contributed by atoms with Crippen LogP contribution >= 0.6 is 0 Å². The van der Waals surface area contributed by atoms with Crippen molar-refractivity contribution in [2.45, 2.75) is 47.1 Å². The van der Waals surface area contributed by atoms with Crippen LogP contribution in [0.25, 0.3) is 0 Å². The molecule has 1 aromatic heterocycles. The summed E-state index contributed by atoms with van der Waals surface area (Å²) in [6, 6.07) is 8.80. The van der Waals surface area contributed by atoms with Gasteiger partial charge in [-0.2, -0.15) is 0 Å². The van der Waals surface area contributed by atoms with Gasteiger partial charge in [0.15, 0.2) is 0 Å². The minimum atomic E-state index is 0.0181. The number of rotatable bonds is 4. The van der Waals surface area contributed by atoms with Crippen molar-refractivity contribution in [3.63, 3.8) is 0 Å². The average Bonchev–Trinajstić information content (AvgIpc) is 2.65. The SMILES string of the molecule is Cc1ccc(Cc2c(C)nc(C)nc2N2CCN(C(=O)NC(C)C)CC2)cc1. The number of urea groups is 1. The molecular weight excluding hydrogens is 350 g/mol. The van der Waals surface area contributed by atoms with Crippen molar-refractivity contribution < 1.29 is 4.79 Å². The fourth-order valence-corrected chi connectivity index (χ4v) is 3.56. The third kappa shape index (κ3) is 4.80. The second-order valence-electron chi connectivity index (χ2n) is 7.90. The Morgan fingerprint density at radius 2 is 1.68 bits per heavy atom. The lowest BCUT2D eigenvalue weighted by atomic mass is 10.0. The van der Waals surface area contributed by atoms with Crippen LogP contribution in [0.3, 0.4) is 0 Å². The molecule has 2 amide bonds. The number of nitrogens with zero attached hydrogens (tertiary/aromatic N) is 4. The van der Waals surface area contributed by atoms with Crippen LogP contribution in [0, 0.1) is 20.8 Å². The van der Waals surface area contributed by atoms with Gasteiger partial charge in [-0.05, 0) is 40.2 Å². The fourth-order valence-electron chi connectivity index (χ4n) is 3.56. The van der Waals surface area contributed by atoms with E-state index in [-0.39, 0.29) is 12.1 Å². The van der Waals surface area contributed by atoms with Crippen LogP contribution in [0.4, 0.5) is 10.6 Å². The zero-order chi connectivity index (χ0) is 20.3. The molecule has 150 valence electrons. The predicted octanol–water partition coefficient (Wildman–Crippen LogP) is 3.23. The van der Waals surface area contributed by atoms with E-state index >= 15 is 0 Å². The lowest BCUT2D eigenvalue weighted by molar-refractivity contribution is 0.191. The quantitative estimate of drug-likeness (QED) is 0.883. The Balaban J connectivity index is 1.78. The summed E-state index contributed by atoms with van der Waals surface area (Å²) in [6.07, 6.45) is 0.815. The maximum Gasteiger partial charge on any atom is 0.317 e. The number of hydrogen-bond acceptors (Lipinski definition) is 4. The lowest BCUT2D eigenvalue weighted by Gasteiger charge is -2.36. The first kappa shape index (κ1) is 20.1. The van der Waals surface area contributed by atoms with Crippen LogP contribution in [0.1, 0.15) is 42.1 Å². The topological polar surface area (TPSA) is 61.4 Å². The molecule has 0 saturated carbocycles. The van der Waals surface area contributed by atoms with Crippen molar-refractivity contribution >= 4 is 11.8 Å². The number of aromatic nitrogens is 2. The van der Waals surface area contributed by atoms with E-state index in [4.69, 9.17) is 4.98 Å². The first-order valence-corrected chi connectivity index (χ1v) is 10.0. The summed E-state index contributed by atoms with van der Waals surface area (Å²) >= 11 is 0. The number of nitrogens with one attached hydrogen (secondary N) is 1. The number of benzene rings is 1. The minimum Gasteiger partial charge on any atom is -0.353 e. The first-order valence-electron chi connectivity index (χ1n) is 10.0. The van der Waals surface area contributed by atoms with Gasteiger partial charge in [0.2, 0.25) is 0 Å². The molecule has 1 fully saturated rings. The Bertz CT molecular complexity index is 824. The molecule has 6 heteroatoms. The predicted molar refractivity (Wildman–Crippen MR) is 113 cm³/mol. The molecule has 1 aliphatic rings. The van der Waals surface area contributed by atoms with E-state index in [1.165, 1.54) is 16.7 Å². The molecule has 6 nitrogen and oxygen atoms in total. The fraction of sp³-hybridized carbons (Fsp3) is 0.500. The number of hydrogen-bond donors (Lipinski definition) is 1. The number of carbonyl (C=O) groups excluding carboxylic acids is 1. The van der Waals surface area contributed by atoms with Crippen molar-refractivity contribution in [1.82, 2.24) is 20.2 Å². The maximum atomic E-state index is 12.3. The molecule has 28 heavy (non-hydrogen) atoms. The number of aryl methyl sites for hydroxylation is 3. The molecule has 1 aromatic carbocycles. The summed E-state index contributed by atoms with van der Waals surface area (Å²) in [7, 11) is 0. The molecule has 1 N–H and O–H groups in total. The summed E-state index contributed by atoms with van der Waals surface area (Å²) in [5.41, 5.74) is 4.73. The summed E-state index contributed by atoms with van der Waals surface area (Å²) in [6.45, 7) is 13.0. The molecule has 0 spiro atoms. The van der Waals surface area contributed by atoms with E-state index in [1.807, 2.05) is 25.7 Å². The molecule has 0 radical (unpaired) electrons. The van der Waals surface area contributed by atoms with E-state index in [0.29, 0.717) is 13.1 Å². The number of anilines is 1. The van der Waals surface area contributed by atoms with E-state index < -0.39 is 0 Å². The van der Waals surface area contributed by atoms with Gasteiger partial charge in [0.05, 0.1) is 0 Å². The van der Waals surface area contributed by atoms with Crippen LogP contribution in [0.15, 0.2) is 24.3 Å². The molecule has 2 heterocycles. The Kier molecular flexibility index (Phi) is 6.17. The van der Waals surface area contributed by atoms with Crippen molar-refractivity contribution in [3.05, 3.63) is 52.5 Å². The van der Waals surface area contributed by atoms with Gasteiger partial charge in [-0.1, -0.05) is 29.8 Å². The second-order valence-corrected chi connectivity index (χ2v) is 7.90. The van der Waals surface area contributed by atoms with Crippen molar-refractivity contribution in [3.8, 4) is 0 Å². The second kappa shape index (κ2) is 8.59. The molecule has 1 aliphatic heterocycles. The lowest BCUT2D eigenvalue weighted by Crippen LogP contribution is -2.53. The van der Waals surface area contributed by atoms with Gasteiger partial charge in [-0.15, -0.1) is 0 Å². The van der Waals surface area contributed by atoms with Crippen LogP contribution in [-0.2, 0) is 6.42 Å². The van der Waals surface area contributed by atoms with Crippen LogP contribution in [0.5, 0.6) is 0 Å². The Hall–Kier alpha value is -2.63. The highest BCUT2D eigenvalue weighted by molar-refractivity contribution is 5.74. The highest BCUT2D eigenvalue weighted by Crippen LogP contribution is 2.25. The third-order valence-electron chi connectivity index (χ3n) is 5.08. The zero-order valence-electron chi connectivity index (χ0n) is 17.6. The Morgan fingerprint density at radius 3 is 2.29 bits per heavy atom. The van der Waals surface area contributed by atoms with E-state index in [9.17, 15) is 4.79 Å². The van der Waals surface area contributed by atoms with E-state index in [1.54, 1.807) is 0 Å². The molecule has 3 rings (SSSR count). The number of amides is 2. The summed E-state index contributed by atoms with van der Waals surface area (Å²) < 4.78 is 0. The Morgan fingerprint density at radius 1 is 1.04 bits per heavy atom. The van der Waals surface area contributed by atoms with Gasteiger partial charge in [-0.25, -0.2) is 14.8 Å². The molecule has 0 atom stereocenters. The molecule has 0 aliphatic carbocycles. The van der Waals surface area contributed by atoms with Gasteiger partial charge >= 0.3 is 6.03 Å². The smallest absolute Gasteiger partial charge is 0.317 e. The van der Waals surface area contributed by atoms with Gasteiger partial charge in [-0.3, -0.25) is 0 Å².